The van der Waals surface area contributed by atoms with Gasteiger partial charge in [-0.05, 0) is 17.3 Å². The molecule has 0 saturated heterocycles. The molecule has 43 heavy (non-hydrogen) atoms. The van der Waals surface area contributed by atoms with E-state index in [9.17, 15) is 97.8 Å². The molecule has 0 unspecified atom stereocenters. The third kappa shape index (κ3) is 7.31. The molecule has 0 rings (SSSR count). The van der Waals surface area contributed by atoms with Crippen molar-refractivity contribution in [1.29, 1.82) is 0 Å². The zero-order valence-electron chi connectivity index (χ0n) is 20.7. The monoisotopic (exact) mass is 724 g/mol. The van der Waals surface area contributed by atoms with Crippen LogP contribution in [0, 0.1) is 0 Å². The van der Waals surface area contributed by atoms with Gasteiger partial charge in [-0.1, -0.05) is 6.92 Å². The summed E-state index contributed by atoms with van der Waals surface area (Å²) in [4.78, 5) is 25.7. The topological polar surface area (TPSA) is 130 Å². The smallest absolute Gasteiger partial charge is 0.548 e. The van der Waals surface area contributed by atoms with Crippen molar-refractivity contribution in [2.24, 2.45) is 5.73 Å². The van der Waals surface area contributed by atoms with Gasteiger partial charge in [-0.15, -0.1) is 0 Å². The van der Waals surface area contributed by atoms with Gasteiger partial charge < -0.3 is 20.5 Å². The second kappa shape index (κ2) is 13.5. The first-order valence-electron chi connectivity index (χ1n) is 10.1. The molecule has 0 aliphatic carbocycles. The summed E-state index contributed by atoms with van der Waals surface area (Å²) in [6.45, 7) is -1.01. The van der Waals surface area contributed by atoms with Crippen molar-refractivity contribution in [1.82, 2.24) is 4.47 Å². The van der Waals surface area contributed by atoms with Gasteiger partial charge in [0.25, 0.3) is 0 Å². The van der Waals surface area contributed by atoms with E-state index in [0.717, 1.165) is 6.92 Å². The van der Waals surface area contributed by atoms with Gasteiger partial charge in [-0.3, -0.25) is 4.79 Å². The van der Waals surface area contributed by atoms with E-state index < -0.39 is 105 Å². The number of carbonyl (C=O) groups excluding carboxylic acids is 2. The van der Waals surface area contributed by atoms with Crippen molar-refractivity contribution in [3.8, 4) is 0 Å². The van der Waals surface area contributed by atoms with E-state index in [1.54, 1.807) is 0 Å². The molecule has 0 aromatic heterocycles. The van der Waals surface area contributed by atoms with E-state index in [0.29, 0.717) is 0 Å². The molecule has 8 nitrogen and oxygen atoms in total. The van der Waals surface area contributed by atoms with Crippen LogP contribution >= 0.6 is 0 Å². The average molecular weight is 724 g/mol. The number of aliphatic carboxylic acids is 1. The Morgan fingerprint density at radius 3 is 1.42 bits per heavy atom. The number of nitrogens with two attached hydrogens (primary N) is 1. The van der Waals surface area contributed by atoms with Crippen molar-refractivity contribution in [2.45, 2.75) is 79.2 Å². The van der Waals surface area contributed by atoms with E-state index >= 15 is 0 Å². The Balaban J connectivity index is 0. The number of carbonyl (C=O) groups is 2. The minimum absolute atomic E-state index is 0. The van der Waals surface area contributed by atoms with E-state index in [1.165, 1.54) is 0 Å². The molecule has 250 valence electrons. The van der Waals surface area contributed by atoms with Crippen molar-refractivity contribution in [2.75, 3.05) is 6.54 Å². The van der Waals surface area contributed by atoms with Gasteiger partial charge in [0.15, 0.2) is 0 Å². The van der Waals surface area contributed by atoms with Crippen molar-refractivity contribution in [3.63, 3.8) is 0 Å². The summed E-state index contributed by atoms with van der Waals surface area (Å²) in [6, 6.07) is -2.05. The molecule has 0 spiro atoms. The SMILES string of the molecule is CCCN(OC(=O)CC[C@H](N)C(=O)[O-])S(=O)(=O)C(F)(F)C(F)(F)C(F)(F)C(F)(F)C(F)(F)C(F)(F)C(F)(F)C(F)(F)F.[K+]. The van der Waals surface area contributed by atoms with E-state index in [2.05, 4.69) is 4.84 Å². The zero-order chi connectivity index (χ0) is 34.3. The number of alkyl halides is 17. The minimum atomic E-state index is -9.02. The minimum Gasteiger partial charge on any atom is -0.548 e. The number of hydrogen-bond acceptors (Lipinski definition) is 7. The summed E-state index contributed by atoms with van der Waals surface area (Å²) in [6.07, 6.45) is -11.3. The van der Waals surface area contributed by atoms with E-state index in [-0.39, 0.29) is 51.4 Å². The first-order chi connectivity index (χ1) is 18.2. The van der Waals surface area contributed by atoms with E-state index in [4.69, 9.17) is 5.73 Å². The zero-order valence-corrected chi connectivity index (χ0v) is 24.7. The van der Waals surface area contributed by atoms with Gasteiger partial charge >= 0.3 is 114 Å². The van der Waals surface area contributed by atoms with Crippen molar-refractivity contribution >= 4 is 22.0 Å². The van der Waals surface area contributed by atoms with Crippen LogP contribution in [0.4, 0.5) is 74.6 Å². The fraction of sp³-hybridized carbons (Fsp3) is 0.875. The van der Waals surface area contributed by atoms with Crippen LogP contribution in [-0.2, 0) is 24.4 Å². The Bertz CT molecular complexity index is 1120. The second-order valence-corrected chi connectivity index (χ2v) is 9.79. The van der Waals surface area contributed by atoms with Crippen LogP contribution in [0.15, 0.2) is 0 Å². The predicted octanol–water partition coefficient (Wildman–Crippen LogP) is 0.315. The molecular formula is C16H14F17KN2O6S. The molecule has 0 bridgehead atoms. The molecular weight excluding hydrogens is 710 g/mol. The largest absolute Gasteiger partial charge is 1.00 e. The van der Waals surface area contributed by atoms with Gasteiger partial charge in [0.1, 0.15) is 0 Å². The number of sulfonamides is 1. The Labute approximate surface area is 270 Å². The molecule has 0 amide bonds. The third-order valence-electron chi connectivity index (χ3n) is 4.86. The Morgan fingerprint density at radius 1 is 0.744 bits per heavy atom. The molecule has 2 N–H and O–H groups in total. The molecule has 0 fully saturated rings. The van der Waals surface area contributed by atoms with Crippen LogP contribution in [0.3, 0.4) is 0 Å². The molecule has 0 aromatic rings. The number of hydroxylamine groups is 1. The summed E-state index contributed by atoms with van der Waals surface area (Å²) in [5, 5.41) is 2.51. The van der Waals surface area contributed by atoms with Gasteiger partial charge in [-0.25, -0.2) is 8.42 Å². The first-order valence-corrected chi connectivity index (χ1v) is 11.5. The molecule has 1 atom stereocenters. The molecule has 0 radical (unpaired) electrons. The van der Waals surface area contributed by atoms with Gasteiger partial charge in [0, 0.05) is 12.5 Å². The summed E-state index contributed by atoms with van der Waals surface area (Å²) in [7, 11) is -7.87. The van der Waals surface area contributed by atoms with E-state index in [1.807, 2.05) is 0 Å². The third-order valence-corrected chi connectivity index (χ3v) is 6.55. The number of carboxylic acid groups (broad SMARTS) is 1. The van der Waals surface area contributed by atoms with Crippen molar-refractivity contribution in [3.05, 3.63) is 0 Å². The molecule has 0 heterocycles. The van der Waals surface area contributed by atoms with Gasteiger partial charge in [0.05, 0.1) is 12.5 Å². The number of hydrogen-bond donors (Lipinski definition) is 1. The normalized spacial score (nSPS) is 15.6. The maximum Gasteiger partial charge on any atom is 1.00 e. The maximum atomic E-state index is 14.3. The van der Waals surface area contributed by atoms with Crippen LogP contribution in [0.2, 0.25) is 0 Å². The first kappa shape index (κ1) is 44.4. The van der Waals surface area contributed by atoms with Crippen molar-refractivity contribution < 1.29 is 154 Å². The number of rotatable bonds is 15. The maximum absolute atomic E-state index is 14.3. The molecule has 0 aliphatic rings. The summed E-state index contributed by atoms with van der Waals surface area (Å²) >= 11 is 0. The van der Waals surface area contributed by atoms with Crippen LogP contribution in [-0.4, -0.2) is 84.4 Å². The number of nitrogens with zero attached hydrogens (tertiary/aromatic N) is 1. The Kier molecular flexibility index (Phi) is 14.0. The average Bonchev–Trinajstić information content (AvgIpc) is 2.80. The number of halogens is 17. The second-order valence-electron chi connectivity index (χ2n) is 7.92. The van der Waals surface area contributed by atoms with Crippen LogP contribution < -0.4 is 62.2 Å². The molecule has 0 aromatic carbocycles. The van der Waals surface area contributed by atoms with Gasteiger partial charge in [-0.2, -0.15) is 74.6 Å². The summed E-state index contributed by atoms with van der Waals surface area (Å²) in [5.74, 6) is -56.9. The van der Waals surface area contributed by atoms with Gasteiger partial charge in [0.2, 0.25) is 0 Å². The summed E-state index contributed by atoms with van der Waals surface area (Å²) < 4.78 is 250. The fourth-order valence-corrected chi connectivity index (χ4v) is 3.70. The molecule has 0 saturated carbocycles. The fourth-order valence-electron chi connectivity index (χ4n) is 2.39. The van der Waals surface area contributed by atoms with Crippen LogP contribution in [0.5, 0.6) is 0 Å². The Hall–Kier alpha value is -0.744. The quantitative estimate of drug-likeness (QED) is 0.146. The van der Waals surface area contributed by atoms with Crippen LogP contribution in [0.25, 0.3) is 0 Å². The number of carboxylic acids is 1. The molecule has 27 heteroatoms. The summed E-state index contributed by atoms with van der Waals surface area (Å²) in [5.41, 5.74) is 4.87. The molecule has 0 aliphatic heterocycles. The predicted molar refractivity (Wildman–Crippen MR) is 94.9 cm³/mol. The Morgan fingerprint density at radius 2 is 1.09 bits per heavy atom. The van der Waals surface area contributed by atoms with Crippen LogP contribution in [0.1, 0.15) is 26.2 Å². The standard InChI is InChI=1S/C16H15F17N2O6S.K/c1-2-5-35(41-7(36)4-3-6(34)8(37)38)42(39,40)16(32,33)14(27,28)12(23,24)10(19,20)9(17,18)11(21,22)13(25,26)15(29,30)31;/h6H,2-5,34H2,1H3,(H,37,38);/q;+1/p-1/t6-;/m0./s1.